The lowest BCUT2D eigenvalue weighted by atomic mass is 10.2. The summed E-state index contributed by atoms with van der Waals surface area (Å²) in [7, 11) is 1.81. The molecule has 0 bridgehead atoms. The van der Waals surface area contributed by atoms with Gasteiger partial charge in [0.25, 0.3) is 11.6 Å². The molecule has 3 rings (SSSR count). The van der Waals surface area contributed by atoms with Crippen LogP contribution in [0.5, 0.6) is 0 Å². The smallest absolute Gasteiger partial charge is 0.269 e. The minimum Gasteiger partial charge on any atom is -0.331 e. The van der Waals surface area contributed by atoms with Gasteiger partial charge in [-0.05, 0) is 24.3 Å². The van der Waals surface area contributed by atoms with Crippen molar-refractivity contribution in [2.24, 2.45) is 7.05 Å². The number of carbonyl (C=O) groups excluding carboxylic acids is 2. The molecule has 0 aliphatic heterocycles. The lowest BCUT2D eigenvalue weighted by molar-refractivity contribution is -0.384. The maximum absolute atomic E-state index is 12.1. The van der Waals surface area contributed by atoms with Crippen LogP contribution in [0.15, 0.2) is 48.5 Å². The third kappa shape index (κ3) is 3.51. The number of nitro groups is 1. The molecule has 0 unspecified atom stereocenters. The summed E-state index contributed by atoms with van der Waals surface area (Å²) in [4.78, 5) is 38.5. The SMILES string of the molecule is Cn1c(CC(=O)NNC(=O)c2ccc([N+](=O)[O-])cc2)nc2ccccc21. The van der Waals surface area contributed by atoms with Crippen LogP contribution in [-0.2, 0) is 18.3 Å². The van der Waals surface area contributed by atoms with Gasteiger partial charge < -0.3 is 4.57 Å². The van der Waals surface area contributed by atoms with Crippen molar-refractivity contribution in [1.29, 1.82) is 0 Å². The van der Waals surface area contributed by atoms with Gasteiger partial charge in [-0.25, -0.2) is 4.98 Å². The predicted octanol–water partition coefficient (Wildman–Crippen LogP) is 1.49. The molecule has 132 valence electrons. The highest BCUT2D eigenvalue weighted by Crippen LogP contribution is 2.14. The Kier molecular flexibility index (Phi) is 4.61. The molecule has 2 aromatic carbocycles. The van der Waals surface area contributed by atoms with Crippen LogP contribution in [0.2, 0.25) is 0 Å². The summed E-state index contributed by atoms with van der Waals surface area (Å²) in [6.07, 6.45) is -0.00821. The van der Waals surface area contributed by atoms with E-state index in [1.807, 2.05) is 35.9 Å². The lowest BCUT2D eigenvalue weighted by Crippen LogP contribution is -2.42. The Hall–Kier alpha value is -3.75. The highest BCUT2D eigenvalue weighted by Gasteiger charge is 2.13. The number of para-hydroxylation sites is 2. The lowest BCUT2D eigenvalue weighted by Gasteiger charge is -2.07. The van der Waals surface area contributed by atoms with Gasteiger partial charge >= 0.3 is 0 Å². The number of hydrogen-bond acceptors (Lipinski definition) is 5. The van der Waals surface area contributed by atoms with Crippen molar-refractivity contribution >= 4 is 28.5 Å². The summed E-state index contributed by atoms with van der Waals surface area (Å²) < 4.78 is 1.81. The van der Waals surface area contributed by atoms with Gasteiger partial charge in [0.2, 0.25) is 5.91 Å². The first-order valence-electron chi connectivity index (χ1n) is 7.69. The van der Waals surface area contributed by atoms with E-state index in [4.69, 9.17) is 0 Å². The number of nitro benzene ring substituents is 1. The number of non-ortho nitro benzene ring substituents is 1. The summed E-state index contributed by atoms with van der Waals surface area (Å²) in [5, 5.41) is 10.6. The van der Waals surface area contributed by atoms with Crippen molar-refractivity contribution in [1.82, 2.24) is 20.4 Å². The first-order valence-corrected chi connectivity index (χ1v) is 7.69. The zero-order valence-corrected chi connectivity index (χ0v) is 13.8. The maximum atomic E-state index is 12.1. The molecular weight excluding hydrogens is 338 g/mol. The Morgan fingerprint density at radius 1 is 1.12 bits per heavy atom. The number of hydrazine groups is 1. The van der Waals surface area contributed by atoms with E-state index < -0.39 is 16.7 Å². The molecule has 0 aliphatic carbocycles. The van der Waals surface area contributed by atoms with Crippen molar-refractivity contribution < 1.29 is 14.5 Å². The number of imidazole rings is 1. The number of nitrogens with one attached hydrogen (secondary N) is 2. The third-order valence-electron chi connectivity index (χ3n) is 3.85. The normalized spacial score (nSPS) is 10.5. The second kappa shape index (κ2) is 7.01. The number of benzene rings is 2. The molecule has 0 saturated carbocycles. The fourth-order valence-electron chi connectivity index (χ4n) is 2.47. The number of amides is 2. The van der Waals surface area contributed by atoms with E-state index in [2.05, 4.69) is 15.8 Å². The molecule has 0 atom stereocenters. The van der Waals surface area contributed by atoms with E-state index in [-0.39, 0.29) is 17.7 Å². The van der Waals surface area contributed by atoms with Gasteiger partial charge in [-0.3, -0.25) is 30.6 Å². The van der Waals surface area contributed by atoms with E-state index in [9.17, 15) is 19.7 Å². The third-order valence-corrected chi connectivity index (χ3v) is 3.85. The molecule has 9 nitrogen and oxygen atoms in total. The largest absolute Gasteiger partial charge is 0.331 e. The van der Waals surface area contributed by atoms with E-state index >= 15 is 0 Å². The Labute approximate surface area is 147 Å². The Bertz CT molecular complexity index is 994. The first kappa shape index (κ1) is 17.1. The van der Waals surface area contributed by atoms with Crippen LogP contribution >= 0.6 is 0 Å². The second-order valence-electron chi connectivity index (χ2n) is 5.56. The van der Waals surface area contributed by atoms with E-state index in [1.54, 1.807) is 0 Å². The average Bonchev–Trinajstić information content (AvgIpc) is 2.95. The molecule has 2 amide bonds. The molecule has 2 N–H and O–H groups in total. The van der Waals surface area contributed by atoms with Crippen LogP contribution in [0.1, 0.15) is 16.2 Å². The molecule has 0 radical (unpaired) electrons. The van der Waals surface area contributed by atoms with Gasteiger partial charge in [0.15, 0.2) is 0 Å². The Morgan fingerprint density at radius 2 is 1.81 bits per heavy atom. The number of aryl methyl sites for hydroxylation is 1. The van der Waals surface area contributed by atoms with Crippen molar-refractivity contribution in [3.05, 3.63) is 70.0 Å². The standard InChI is InChI=1S/C17H15N5O4/c1-21-14-5-3-2-4-13(14)18-15(21)10-16(23)19-20-17(24)11-6-8-12(9-7-11)22(25)26/h2-9H,10H2,1H3,(H,19,23)(H,20,24). The van der Waals surface area contributed by atoms with Crippen LogP contribution in [0.3, 0.4) is 0 Å². The Morgan fingerprint density at radius 3 is 2.46 bits per heavy atom. The summed E-state index contributed by atoms with van der Waals surface area (Å²) in [6, 6.07) is 12.6. The molecule has 26 heavy (non-hydrogen) atoms. The molecule has 0 aliphatic rings. The molecule has 0 fully saturated rings. The molecule has 1 heterocycles. The Balaban J connectivity index is 1.60. The number of carbonyl (C=O) groups is 2. The van der Waals surface area contributed by atoms with Gasteiger partial charge in [-0.2, -0.15) is 0 Å². The fourth-order valence-corrected chi connectivity index (χ4v) is 2.47. The topological polar surface area (TPSA) is 119 Å². The molecule has 3 aromatic rings. The molecule has 9 heteroatoms. The zero-order valence-electron chi connectivity index (χ0n) is 13.8. The summed E-state index contributed by atoms with van der Waals surface area (Å²) in [5.41, 5.74) is 6.36. The summed E-state index contributed by atoms with van der Waals surface area (Å²) in [6.45, 7) is 0. The van der Waals surface area contributed by atoms with Crippen molar-refractivity contribution in [3.63, 3.8) is 0 Å². The molecule has 1 aromatic heterocycles. The van der Waals surface area contributed by atoms with Crippen molar-refractivity contribution in [2.45, 2.75) is 6.42 Å². The van der Waals surface area contributed by atoms with Crippen molar-refractivity contribution in [2.75, 3.05) is 0 Å². The van der Waals surface area contributed by atoms with Crippen LogP contribution in [-0.4, -0.2) is 26.3 Å². The van der Waals surface area contributed by atoms with Gasteiger partial charge in [-0.15, -0.1) is 0 Å². The number of rotatable bonds is 4. The highest BCUT2D eigenvalue weighted by molar-refractivity contribution is 5.95. The monoisotopic (exact) mass is 353 g/mol. The molecule has 0 spiro atoms. The van der Waals surface area contributed by atoms with Gasteiger partial charge in [0, 0.05) is 24.7 Å². The summed E-state index contributed by atoms with van der Waals surface area (Å²) in [5.74, 6) is -0.440. The van der Waals surface area contributed by atoms with E-state index in [1.165, 1.54) is 24.3 Å². The maximum Gasteiger partial charge on any atom is 0.269 e. The van der Waals surface area contributed by atoms with E-state index in [0.29, 0.717) is 5.82 Å². The van der Waals surface area contributed by atoms with Gasteiger partial charge in [-0.1, -0.05) is 12.1 Å². The van der Waals surface area contributed by atoms with Crippen LogP contribution in [0.4, 0.5) is 5.69 Å². The van der Waals surface area contributed by atoms with Gasteiger partial charge in [0.1, 0.15) is 5.82 Å². The van der Waals surface area contributed by atoms with Crippen LogP contribution in [0.25, 0.3) is 11.0 Å². The van der Waals surface area contributed by atoms with Crippen molar-refractivity contribution in [3.8, 4) is 0 Å². The minimum atomic E-state index is -0.571. The van der Waals surface area contributed by atoms with E-state index in [0.717, 1.165) is 11.0 Å². The fraction of sp³-hybridized carbons (Fsp3) is 0.118. The quantitative estimate of drug-likeness (QED) is 0.544. The second-order valence-corrected chi connectivity index (χ2v) is 5.56. The predicted molar refractivity (Wildman–Crippen MR) is 93.1 cm³/mol. The molecule has 0 saturated heterocycles. The van der Waals surface area contributed by atoms with Crippen LogP contribution < -0.4 is 10.9 Å². The number of nitrogens with zero attached hydrogens (tertiary/aromatic N) is 3. The first-order chi connectivity index (χ1) is 12.5. The molecular formula is C17H15N5O4. The zero-order chi connectivity index (χ0) is 18.7. The van der Waals surface area contributed by atoms with Gasteiger partial charge in [0.05, 0.1) is 22.4 Å². The number of aromatic nitrogens is 2. The minimum absolute atomic E-state index is 0.00821. The number of fused-ring (bicyclic) bond motifs is 1. The van der Waals surface area contributed by atoms with Crippen LogP contribution in [0, 0.1) is 10.1 Å². The average molecular weight is 353 g/mol. The summed E-state index contributed by atoms with van der Waals surface area (Å²) >= 11 is 0. The number of hydrogen-bond donors (Lipinski definition) is 2. The highest BCUT2D eigenvalue weighted by atomic mass is 16.6.